The van der Waals surface area contributed by atoms with Gasteiger partial charge in [-0.2, -0.15) is 0 Å². The van der Waals surface area contributed by atoms with Crippen molar-refractivity contribution >= 4 is 48.1 Å². The Balaban J connectivity index is 0.00000104. The molecule has 47 heavy (non-hydrogen) atoms. The zero-order valence-corrected chi connectivity index (χ0v) is 28.3. The zero-order chi connectivity index (χ0) is 32.3. The first-order chi connectivity index (χ1) is 22.8. The van der Waals surface area contributed by atoms with Crippen molar-refractivity contribution in [2.45, 2.75) is 0 Å². The summed E-state index contributed by atoms with van der Waals surface area (Å²) < 4.78 is 53.0. The van der Waals surface area contributed by atoms with Gasteiger partial charge in [-0.15, -0.1) is 0 Å². The molecular weight excluding hydrogens is 808 g/mol. The molecule has 0 aliphatic carbocycles. The van der Waals surface area contributed by atoms with Gasteiger partial charge in [0.2, 0.25) is 0 Å². The third kappa shape index (κ3) is 4.96. The third-order valence-electron chi connectivity index (χ3n) is 7.81. The van der Waals surface area contributed by atoms with E-state index < -0.39 is 35.0 Å². The van der Waals surface area contributed by atoms with Gasteiger partial charge in [0.25, 0.3) is 0 Å². The Bertz CT molecular complexity index is 2840. The Hall–Kier alpha value is -5.36. The first-order valence-corrected chi connectivity index (χ1v) is 20.4. The number of aromatic amines is 2. The minimum atomic E-state index is -6.13. The van der Waals surface area contributed by atoms with Crippen LogP contribution in [-0.4, -0.2) is 39.9 Å². The molecule has 0 saturated heterocycles. The van der Waals surface area contributed by atoms with Crippen molar-refractivity contribution in [1.82, 2.24) is 39.9 Å². The maximum absolute atomic E-state index is 12.1. The van der Waals surface area contributed by atoms with Gasteiger partial charge in [-0.1, -0.05) is 18.2 Å². The first kappa shape index (κ1) is 29.1. The molecule has 225 valence electrons. The van der Waals surface area contributed by atoms with Gasteiger partial charge in [0.15, 0.2) is 0 Å². The number of benzene rings is 4. The molecule has 7 aromatic rings. The molecule has 15 heteroatoms. The number of nitrogens with one attached hydrogen (secondary N) is 2. The molecule has 5 heterocycles. The van der Waals surface area contributed by atoms with Gasteiger partial charge < -0.3 is 0 Å². The second kappa shape index (κ2) is 11.2. The second-order valence-corrected chi connectivity index (χ2v) is 15.7. The summed E-state index contributed by atoms with van der Waals surface area (Å²) >= 11 is -8.13. The number of nitrogens with zero attached hydrogens (tertiary/aromatic N) is 6. The van der Waals surface area contributed by atoms with E-state index in [1.54, 1.807) is 6.07 Å². The number of H-pyrrole nitrogens is 2. The Morgan fingerprint density at radius 3 is 1.17 bits per heavy atom. The SMILES string of the molecule is [O]=[Ti]=[O].[O]=[W](=[O])(=[O])[c]1ccc2c3nc4nc(nc5[nH]c(nc6nc(nc([nH]3)c2c1)-c1ccccc1-6)c1ccccc51)-c1ccccc1-4. The predicted octanol–water partition coefficient (Wildman–Crippen LogP) is 5.44. The van der Waals surface area contributed by atoms with Crippen molar-refractivity contribution in [1.29, 1.82) is 0 Å². The van der Waals surface area contributed by atoms with Crippen molar-refractivity contribution in [3.8, 4) is 45.6 Å². The predicted molar refractivity (Wildman–Crippen MR) is 159 cm³/mol. The van der Waals surface area contributed by atoms with E-state index in [2.05, 4.69) is 9.97 Å². The standard InChI is InChI=1S/C32H17N8.5O.Ti.W/c1-2-10-18-17(9-1)25-33-26(18)38-28-21-13-5-6-14-22(21)30(35-28)40-32-24-16-8-7-15-23(24)31(36-32)39-29-20-12-4-3-11-19(20)27(34-29)37-25;;;;;;;/h1-7,9-16H,(H2,33,34,35,36,37,38,39,40);;;;;;;. The second-order valence-electron chi connectivity index (χ2n) is 10.5. The molecular formula is C32H17N8O5TiW. The van der Waals surface area contributed by atoms with Crippen molar-refractivity contribution in [2.24, 2.45) is 0 Å². The van der Waals surface area contributed by atoms with Crippen LogP contribution in [0, 0.1) is 0 Å². The van der Waals surface area contributed by atoms with Crippen LogP contribution in [0.25, 0.3) is 89.7 Å². The molecule has 0 radical (unpaired) electrons. The molecule has 8 bridgehead atoms. The van der Waals surface area contributed by atoms with Crippen LogP contribution in [0.3, 0.4) is 0 Å². The topological polar surface area (TPSA) is 194 Å². The average Bonchev–Trinajstić information content (AvgIpc) is 3.80. The number of rotatable bonds is 1. The van der Waals surface area contributed by atoms with E-state index in [1.165, 1.54) is 12.1 Å². The number of aromatic nitrogens is 8. The van der Waals surface area contributed by atoms with Gasteiger partial charge in [-0.3, -0.25) is 0 Å². The molecule has 4 aromatic carbocycles. The zero-order valence-electron chi connectivity index (χ0n) is 23.8. The van der Waals surface area contributed by atoms with E-state index in [0.29, 0.717) is 56.7 Å². The Labute approximate surface area is 274 Å². The summed E-state index contributed by atoms with van der Waals surface area (Å²) in [6.45, 7) is 0. The fourth-order valence-corrected chi connectivity index (χ4v) is 7.56. The van der Waals surface area contributed by atoms with Gasteiger partial charge in [0, 0.05) is 0 Å². The molecule has 2 N–H and O–H groups in total. The van der Waals surface area contributed by atoms with E-state index in [4.69, 9.17) is 36.6 Å². The van der Waals surface area contributed by atoms with E-state index in [9.17, 15) is 10.2 Å². The molecule has 0 saturated carbocycles. The van der Waals surface area contributed by atoms with Crippen LogP contribution >= 0.6 is 0 Å². The number of fused-ring (bicyclic) bond motifs is 20. The summed E-state index contributed by atoms with van der Waals surface area (Å²) in [5.41, 5.74) is 5.05. The summed E-state index contributed by atoms with van der Waals surface area (Å²) in [5.74, 6) is 1.75. The minimum absolute atomic E-state index is 0.249. The van der Waals surface area contributed by atoms with Crippen LogP contribution < -0.4 is 3.95 Å². The molecule has 3 aromatic heterocycles. The molecule has 0 unspecified atom stereocenters. The molecule has 0 fully saturated rings. The van der Waals surface area contributed by atoms with Crippen LogP contribution in [0.5, 0.6) is 0 Å². The number of hydrogen-bond donors (Lipinski definition) is 2. The van der Waals surface area contributed by atoms with E-state index >= 15 is 0 Å². The van der Waals surface area contributed by atoms with Crippen molar-refractivity contribution in [2.75, 3.05) is 0 Å². The molecule has 2 aliphatic rings. The summed E-state index contributed by atoms with van der Waals surface area (Å²) in [6, 6.07) is 27.4. The van der Waals surface area contributed by atoms with E-state index in [-0.39, 0.29) is 3.95 Å². The Morgan fingerprint density at radius 1 is 0.447 bits per heavy atom. The van der Waals surface area contributed by atoms with Crippen LogP contribution in [0.15, 0.2) is 91.0 Å². The Kier molecular flexibility index (Phi) is 6.90. The first-order valence-electron chi connectivity index (χ1n) is 14.0. The molecule has 0 spiro atoms. The van der Waals surface area contributed by atoms with Gasteiger partial charge in [0.1, 0.15) is 0 Å². The summed E-state index contributed by atoms with van der Waals surface area (Å²) in [5, 5.41) is 2.77. The van der Waals surface area contributed by atoms with Crippen LogP contribution in [0.4, 0.5) is 0 Å². The quantitative estimate of drug-likeness (QED) is 0.200. The monoisotopic (exact) mass is 825 g/mol. The summed E-state index contributed by atoms with van der Waals surface area (Å²) in [4.78, 5) is 35.9. The van der Waals surface area contributed by atoms with Crippen molar-refractivity contribution in [3.63, 3.8) is 0 Å². The van der Waals surface area contributed by atoms with Crippen molar-refractivity contribution in [3.05, 3.63) is 91.0 Å². The van der Waals surface area contributed by atoms with Gasteiger partial charge in [0.05, 0.1) is 0 Å². The third-order valence-corrected chi connectivity index (χ3v) is 10.8. The molecule has 2 aliphatic heterocycles. The summed E-state index contributed by atoms with van der Waals surface area (Å²) in [7, 11) is 0. The van der Waals surface area contributed by atoms with Crippen LogP contribution in [0.1, 0.15) is 0 Å². The van der Waals surface area contributed by atoms with Crippen LogP contribution in [0.2, 0.25) is 0 Å². The summed E-state index contributed by atoms with van der Waals surface area (Å²) in [6.07, 6.45) is 0. The van der Waals surface area contributed by atoms with Gasteiger partial charge >= 0.3 is 258 Å². The molecule has 0 amide bonds. The average molecular weight is 825 g/mol. The number of hydrogen-bond acceptors (Lipinski definition) is 11. The van der Waals surface area contributed by atoms with E-state index in [0.717, 1.165) is 33.0 Å². The molecule has 9 rings (SSSR count). The van der Waals surface area contributed by atoms with Gasteiger partial charge in [-0.25, -0.2) is 0 Å². The molecule has 0 atom stereocenters. The normalized spacial score (nSPS) is 11.7. The van der Waals surface area contributed by atoms with Crippen LogP contribution in [-0.2, 0) is 51.9 Å². The van der Waals surface area contributed by atoms with Crippen molar-refractivity contribution < 1.29 is 51.9 Å². The fraction of sp³-hybridized carbons (Fsp3) is 0. The molecule has 13 nitrogen and oxygen atoms in total. The fourth-order valence-electron chi connectivity index (χ4n) is 5.78. The van der Waals surface area contributed by atoms with E-state index in [1.807, 2.05) is 72.8 Å². The maximum atomic E-state index is 12.1. The van der Waals surface area contributed by atoms with Gasteiger partial charge in [-0.05, 0) is 0 Å². The Morgan fingerprint density at radius 2 is 0.787 bits per heavy atom.